The van der Waals surface area contributed by atoms with Gasteiger partial charge in [0, 0.05) is 37.2 Å². The molecule has 28 heavy (non-hydrogen) atoms. The van der Waals surface area contributed by atoms with E-state index >= 15 is 0 Å². The minimum absolute atomic E-state index is 0. The van der Waals surface area contributed by atoms with Gasteiger partial charge in [-0.1, -0.05) is 18.2 Å². The molecule has 1 aliphatic heterocycles. The molecule has 0 bridgehead atoms. The quantitative estimate of drug-likeness (QED) is 0.210. The van der Waals surface area contributed by atoms with E-state index in [0.29, 0.717) is 19.0 Å². The molecule has 0 aromatic heterocycles. The highest BCUT2D eigenvalue weighted by Crippen LogP contribution is 2.31. The maximum atomic E-state index is 12.0. The first-order valence-corrected chi connectivity index (χ1v) is 10.1. The molecule has 1 aliphatic rings. The fraction of sp³-hybridized carbons (Fsp3) is 0.619. The van der Waals surface area contributed by atoms with Crippen molar-refractivity contribution in [3.8, 4) is 0 Å². The summed E-state index contributed by atoms with van der Waals surface area (Å²) in [6.45, 7) is 9.95. The Labute approximate surface area is 187 Å². The zero-order valence-electron chi connectivity index (χ0n) is 17.6. The molecule has 6 nitrogen and oxygen atoms in total. The summed E-state index contributed by atoms with van der Waals surface area (Å²) in [5, 5.41) is 9.67. The second-order valence-corrected chi connectivity index (χ2v) is 7.46. The molecule has 2 rings (SSSR count). The predicted octanol–water partition coefficient (Wildman–Crippen LogP) is 3.41. The molecular formula is C21H36IN5O. The molecule has 7 heteroatoms. The van der Waals surface area contributed by atoms with Crippen molar-refractivity contribution >= 4 is 41.5 Å². The molecule has 0 spiro atoms. The Kier molecular flexibility index (Phi) is 11.4. The Bertz CT molecular complexity index is 635. The molecular weight excluding hydrogens is 465 g/mol. The molecule has 1 aromatic carbocycles. The largest absolute Gasteiger partial charge is 0.357 e. The summed E-state index contributed by atoms with van der Waals surface area (Å²) in [4.78, 5) is 19.1. The number of hydrogen-bond acceptors (Lipinski definition) is 3. The van der Waals surface area contributed by atoms with Crippen molar-refractivity contribution in [1.82, 2.24) is 15.5 Å². The van der Waals surface area contributed by atoms with Gasteiger partial charge in [0.2, 0.25) is 5.91 Å². The van der Waals surface area contributed by atoms with E-state index < -0.39 is 0 Å². The van der Waals surface area contributed by atoms with Gasteiger partial charge in [-0.05, 0) is 58.8 Å². The van der Waals surface area contributed by atoms with Crippen molar-refractivity contribution in [3.05, 3.63) is 29.8 Å². The van der Waals surface area contributed by atoms with Crippen LogP contribution in [0.5, 0.6) is 0 Å². The van der Waals surface area contributed by atoms with Crippen LogP contribution in [0.25, 0.3) is 0 Å². The Morgan fingerprint density at radius 3 is 2.75 bits per heavy atom. The highest BCUT2D eigenvalue weighted by Gasteiger charge is 2.24. The summed E-state index contributed by atoms with van der Waals surface area (Å²) in [6.07, 6.45) is 2.76. The van der Waals surface area contributed by atoms with Crippen LogP contribution in [0.2, 0.25) is 0 Å². The molecule has 0 saturated carbocycles. The summed E-state index contributed by atoms with van der Waals surface area (Å²) in [7, 11) is 2.17. The maximum Gasteiger partial charge on any atom is 0.225 e. The van der Waals surface area contributed by atoms with Crippen molar-refractivity contribution in [3.63, 3.8) is 0 Å². The highest BCUT2D eigenvalue weighted by atomic mass is 127. The minimum atomic E-state index is 0. The second-order valence-electron chi connectivity index (χ2n) is 7.46. The number of aliphatic imine (C=N–C) groups is 1. The van der Waals surface area contributed by atoms with Crippen LogP contribution >= 0.6 is 24.0 Å². The van der Waals surface area contributed by atoms with Crippen LogP contribution in [0.15, 0.2) is 29.3 Å². The highest BCUT2D eigenvalue weighted by molar-refractivity contribution is 14.0. The molecule has 0 fully saturated rings. The zero-order valence-corrected chi connectivity index (χ0v) is 20.0. The first kappa shape index (κ1) is 24.7. The van der Waals surface area contributed by atoms with Crippen molar-refractivity contribution < 1.29 is 4.79 Å². The van der Waals surface area contributed by atoms with Crippen molar-refractivity contribution in [1.29, 1.82) is 0 Å². The lowest BCUT2D eigenvalue weighted by Gasteiger charge is -2.24. The third-order valence-corrected chi connectivity index (χ3v) is 5.03. The average Bonchev–Trinajstić information content (AvgIpc) is 2.65. The van der Waals surface area contributed by atoms with Gasteiger partial charge in [-0.3, -0.25) is 9.79 Å². The number of hydrogen-bond donors (Lipinski definition) is 3. The molecule has 1 heterocycles. The van der Waals surface area contributed by atoms with E-state index in [1.54, 1.807) is 0 Å². The van der Waals surface area contributed by atoms with Crippen LogP contribution < -0.4 is 16.0 Å². The molecule has 158 valence electrons. The summed E-state index contributed by atoms with van der Waals surface area (Å²) in [6, 6.07) is 8.60. The summed E-state index contributed by atoms with van der Waals surface area (Å²) in [5.74, 6) is 1.03. The number of benzene rings is 1. The third kappa shape index (κ3) is 7.95. The van der Waals surface area contributed by atoms with Crippen LogP contribution in [-0.2, 0) is 4.79 Å². The van der Waals surface area contributed by atoms with Gasteiger partial charge in [-0.2, -0.15) is 0 Å². The van der Waals surface area contributed by atoms with Gasteiger partial charge in [0.1, 0.15) is 0 Å². The number of nitrogens with zero attached hydrogens (tertiary/aromatic N) is 2. The van der Waals surface area contributed by atoms with E-state index in [4.69, 9.17) is 4.99 Å². The average molecular weight is 501 g/mol. The number of rotatable bonds is 9. The van der Waals surface area contributed by atoms with E-state index in [1.165, 1.54) is 5.56 Å². The Morgan fingerprint density at radius 1 is 1.29 bits per heavy atom. The normalized spacial score (nSPS) is 16.4. The molecule has 0 aliphatic carbocycles. The Balaban J connectivity index is 0.00000392. The van der Waals surface area contributed by atoms with Crippen LogP contribution in [0.4, 0.5) is 5.69 Å². The third-order valence-electron chi connectivity index (χ3n) is 5.03. The van der Waals surface area contributed by atoms with Gasteiger partial charge in [0.25, 0.3) is 0 Å². The first-order chi connectivity index (χ1) is 13.0. The number of unbranched alkanes of at least 4 members (excludes halogenated alkanes) is 1. The second kappa shape index (κ2) is 13.0. The van der Waals surface area contributed by atoms with Crippen LogP contribution in [-0.4, -0.2) is 56.0 Å². The van der Waals surface area contributed by atoms with Crippen molar-refractivity contribution in [2.75, 3.05) is 38.5 Å². The number of para-hydroxylation sites is 1. The predicted molar refractivity (Wildman–Crippen MR) is 129 cm³/mol. The number of halogens is 1. The van der Waals surface area contributed by atoms with Gasteiger partial charge in [-0.25, -0.2) is 0 Å². The monoisotopic (exact) mass is 501 g/mol. The van der Waals surface area contributed by atoms with E-state index in [9.17, 15) is 4.79 Å². The zero-order chi connectivity index (χ0) is 19.6. The lowest BCUT2D eigenvalue weighted by atomic mass is 9.91. The topological polar surface area (TPSA) is 68.8 Å². The molecule has 1 aromatic rings. The SMILES string of the molecule is CCNC(=NCC1CC(=O)Nc2ccccc21)NCCCCN(C)C(C)C.I. The van der Waals surface area contributed by atoms with Gasteiger partial charge >= 0.3 is 0 Å². The fourth-order valence-electron chi connectivity index (χ4n) is 3.16. The minimum Gasteiger partial charge on any atom is -0.357 e. The van der Waals surface area contributed by atoms with Crippen molar-refractivity contribution in [2.24, 2.45) is 4.99 Å². The van der Waals surface area contributed by atoms with E-state index in [0.717, 1.165) is 44.1 Å². The molecule has 0 radical (unpaired) electrons. The van der Waals surface area contributed by atoms with Crippen LogP contribution in [0.3, 0.4) is 0 Å². The number of guanidine groups is 1. The molecule has 0 saturated heterocycles. The van der Waals surface area contributed by atoms with E-state index in [-0.39, 0.29) is 35.8 Å². The van der Waals surface area contributed by atoms with Gasteiger partial charge in [0.05, 0.1) is 6.54 Å². The molecule has 3 N–H and O–H groups in total. The fourth-order valence-corrected chi connectivity index (χ4v) is 3.16. The Hall–Kier alpha value is -1.35. The van der Waals surface area contributed by atoms with Gasteiger partial charge < -0.3 is 20.9 Å². The number of fused-ring (bicyclic) bond motifs is 1. The lowest BCUT2D eigenvalue weighted by molar-refractivity contribution is -0.116. The number of nitrogens with one attached hydrogen (secondary N) is 3. The number of carbonyl (C=O) groups excluding carboxylic acids is 1. The lowest BCUT2D eigenvalue weighted by Crippen LogP contribution is -2.38. The summed E-state index contributed by atoms with van der Waals surface area (Å²) in [5.41, 5.74) is 2.09. The van der Waals surface area contributed by atoms with Gasteiger partial charge in [-0.15, -0.1) is 24.0 Å². The van der Waals surface area contributed by atoms with E-state index in [1.807, 2.05) is 18.2 Å². The molecule has 1 amide bonds. The summed E-state index contributed by atoms with van der Waals surface area (Å²) >= 11 is 0. The smallest absolute Gasteiger partial charge is 0.225 e. The van der Waals surface area contributed by atoms with Crippen LogP contribution in [0, 0.1) is 0 Å². The molecule has 1 atom stereocenters. The summed E-state index contributed by atoms with van der Waals surface area (Å²) < 4.78 is 0. The maximum absolute atomic E-state index is 12.0. The Morgan fingerprint density at radius 2 is 2.04 bits per heavy atom. The standard InChI is InChI=1S/C21H35N5O.HI/c1-5-22-21(23-12-8-9-13-26(4)16(2)3)24-15-17-14-20(27)25-19-11-7-6-10-18(17)19;/h6-7,10-11,16-17H,5,8-9,12-15H2,1-4H3,(H,25,27)(H2,22,23,24);1H. The first-order valence-electron chi connectivity index (χ1n) is 10.1. The number of carbonyl (C=O) groups is 1. The van der Waals surface area contributed by atoms with E-state index in [2.05, 4.69) is 54.7 Å². The van der Waals surface area contributed by atoms with Crippen molar-refractivity contribution in [2.45, 2.75) is 52.0 Å². The number of amides is 1. The van der Waals surface area contributed by atoms with Crippen LogP contribution in [0.1, 0.15) is 51.5 Å². The molecule has 1 unspecified atom stereocenters. The number of anilines is 1. The van der Waals surface area contributed by atoms with Gasteiger partial charge in [0.15, 0.2) is 5.96 Å².